The second kappa shape index (κ2) is 3.50. The van der Waals surface area contributed by atoms with Gasteiger partial charge >= 0.3 is 0 Å². The van der Waals surface area contributed by atoms with E-state index in [9.17, 15) is 0 Å². The molecule has 0 spiro atoms. The summed E-state index contributed by atoms with van der Waals surface area (Å²) >= 11 is 0. The maximum Gasteiger partial charge on any atom is -0.00175 e. The summed E-state index contributed by atoms with van der Waals surface area (Å²) in [5, 5.41) is 0. The van der Waals surface area contributed by atoms with Crippen LogP contribution < -0.4 is 5.73 Å². The van der Waals surface area contributed by atoms with Gasteiger partial charge in [0.15, 0.2) is 0 Å². The van der Waals surface area contributed by atoms with Crippen LogP contribution in [0.2, 0.25) is 0 Å². The average Bonchev–Trinajstić information content (AvgIpc) is 2.24. The van der Waals surface area contributed by atoms with Gasteiger partial charge in [0.2, 0.25) is 0 Å². The molecule has 5 rings (SSSR count). The first kappa shape index (κ1) is 10.8. The molecule has 0 unspecified atom stereocenters. The molecule has 2 N–H and O–H groups in total. The maximum absolute atomic E-state index is 6.21. The van der Waals surface area contributed by atoms with Gasteiger partial charge in [-0.1, -0.05) is 6.92 Å². The van der Waals surface area contributed by atoms with Crippen LogP contribution in [0.1, 0.15) is 51.9 Å². The normalized spacial score (nSPS) is 60.4. The fourth-order valence-corrected chi connectivity index (χ4v) is 6.83. The van der Waals surface area contributed by atoms with Crippen molar-refractivity contribution in [2.45, 2.75) is 51.9 Å². The smallest absolute Gasteiger partial charge is 0.00175 e. The van der Waals surface area contributed by atoms with Crippen molar-refractivity contribution in [3.05, 3.63) is 0 Å². The summed E-state index contributed by atoms with van der Waals surface area (Å²) in [5.41, 5.74) is 6.80. The van der Waals surface area contributed by atoms with Crippen LogP contribution in [0.5, 0.6) is 0 Å². The fourth-order valence-electron chi connectivity index (χ4n) is 6.83. The summed E-state index contributed by atoms with van der Waals surface area (Å²) in [4.78, 5) is 0. The van der Waals surface area contributed by atoms with Crippen LogP contribution in [0.3, 0.4) is 0 Å². The molecule has 4 bridgehead atoms. The molecule has 0 saturated heterocycles. The summed E-state index contributed by atoms with van der Waals surface area (Å²) in [5.74, 6) is 6.35. The zero-order valence-corrected chi connectivity index (χ0v) is 11.2. The second-order valence-electron chi connectivity index (χ2n) is 8.04. The van der Waals surface area contributed by atoms with Gasteiger partial charge in [0.1, 0.15) is 0 Å². The second-order valence-corrected chi connectivity index (χ2v) is 8.04. The quantitative estimate of drug-likeness (QED) is 0.777. The Balaban J connectivity index is 1.62. The Hall–Kier alpha value is -0.0400. The summed E-state index contributed by atoms with van der Waals surface area (Å²) in [6.07, 6.45) is 10.7. The molecule has 0 amide bonds. The van der Waals surface area contributed by atoms with Crippen LogP contribution in [0.25, 0.3) is 0 Å². The monoisotopic (exact) mass is 233 g/mol. The third kappa shape index (κ3) is 1.41. The van der Waals surface area contributed by atoms with Crippen LogP contribution in [-0.2, 0) is 0 Å². The van der Waals surface area contributed by atoms with Crippen LogP contribution in [0.4, 0.5) is 0 Å². The molecule has 0 aliphatic heterocycles. The van der Waals surface area contributed by atoms with Gasteiger partial charge in [-0.25, -0.2) is 0 Å². The Morgan fingerprint density at radius 1 is 0.941 bits per heavy atom. The summed E-state index contributed by atoms with van der Waals surface area (Å²) in [6, 6.07) is 0. The maximum atomic E-state index is 6.21. The lowest BCUT2D eigenvalue weighted by Crippen LogP contribution is -2.58. The molecule has 0 aromatic carbocycles. The van der Waals surface area contributed by atoms with E-state index < -0.39 is 0 Å². The molecule has 0 heterocycles. The minimum atomic E-state index is 0.585. The highest BCUT2D eigenvalue weighted by atomic mass is 14.7. The Kier molecular flexibility index (Phi) is 2.23. The van der Waals surface area contributed by atoms with Crippen molar-refractivity contribution in [1.82, 2.24) is 0 Å². The first-order valence-electron chi connectivity index (χ1n) is 7.90. The van der Waals surface area contributed by atoms with Gasteiger partial charge in [0.05, 0.1) is 0 Å². The van der Waals surface area contributed by atoms with Gasteiger partial charge in [-0.3, -0.25) is 0 Å². The van der Waals surface area contributed by atoms with Crippen LogP contribution in [-0.4, -0.2) is 6.54 Å². The van der Waals surface area contributed by atoms with E-state index in [0.29, 0.717) is 5.41 Å². The zero-order chi connectivity index (χ0) is 11.6. The van der Waals surface area contributed by atoms with Crippen molar-refractivity contribution in [2.24, 2.45) is 46.7 Å². The first-order valence-corrected chi connectivity index (χ1v) is 7.90. The largest absolute Gasteiger partial charge is 0.330 e. The highest BCUT2D eigenvalue weighted by molar-refractivity contribution is 5.08. The molecule has 5 aliphatic rings. The Morgan fingerprint density at radius 2 is 1.47 bits per heavy atom. The summed E-state index contributed by atoms with van der Waals surface area (Å²) in [7, 11) is 0. The molecule has 0 atom stereocenters. The lowest BCUT2D eigenvalue weighted by molar-refractivity contribution is -0.135. The van der Waals surface area contributed by atoms with Gasteiger partial charge < -0.3 is 5.73 Å². The summed E-state index contributed by atoms with van der Waals surface area (Å²) in [6.45, 7) is 3.40. The molecule has 96 valence electrons. The lowest BCUT2D eigenvalue weighted by Gasteiger charge is -2.63. The summed E-state index contributed by atoms with van der Waals surface area (Å²) < 4.78 is 0. The highest BCUT2D eigenvalue weighted by Crippen LogP contribution is 2.65. The van der Waals surface area contributed by atoms with Gasteiger partial charge in [-0.2, -0.15) is 0 Å². The van der Waals surface area contributed by atoms with Crippen molar-refractivity contribution in [3.8, 4) is 0 Å². The van der Waals surface area contributed by atoms with Gasteiger partial charge in [0.25, 0.3) is 0 Å². The molecule has 1 heteroatoms. The third-order valence-corrected chi connectivity index (χ3v) is 6.85. The van der Waals surface area contributed by atoms with Crippen molar-refractivity contribution < 1.29 is 0 Å². The number of hydrogen-bond acceptors (Lipinski definition) is 1. The van der Waals surface area contributed by atoms with E-state index in [0.717, 1.165) is 42.1 Å². The van der Waals surface area contributed by atoms with Crippen molar-refractivity contribution in [3.63, 3.8) is 0 Å². The molecular formula is C16H27N. The van der Waals surface area contributed by atoms with Crippen LogP contribution in [0, 0.1) is 40.9 Å². The minimum Gasteiger partial charge on any atom is -0.330 e. The van der Waals surface area contributed by atoms with E-state index in [4.69, 9.17) is 5.73 Å². The molecule has 0 radical (unpaired) electrons. The molecule has 5 saturated carbocycles. The first-order chi connectivity index (χ1) is 8.20. The molecule has 0 aromatic heterocycles. The lowest BCUT2D eigenvalue weighted by atomic mass is 9.42. The van der Waals surface area contributed by atoms with Gasteiger partial charge in [0, 0.05) is 0 Å². The predicted octanol–water partition coefficient (Wildman–Crippen LogP) is 3.43. The van der Waals surface area contributed by atoms with E-state index in [1.165, 1.54) is 12.8 Å². The van der Waals surface area contributed by atoms with Gasteiger partial charge in [-0.15, -0.1) is 0 Å². The number of hydrogen-bond donors (Lipinski definition) is 1. The van der Waals surface area contributed by atoms with Crippen molar-refractivity contribution in [2.75, 3.05) is 6.54 Å². The van der Waals surface area contributed by atoms with Crippen molar-refractivity contribution in [1.29, 1.82) is 0 Å². The van der Waals surface area contributed by atoms with E-state index in [2.05, 4.69) is 6.92 Å². The van der Waals surface area contributed by atoms with Crippen LogP contribution >= 0.6 is 0 Å². The van der Waals surface area contributed by atoms with E-state index in [-0.39, 0.29) is 0 Å². The molecule has 5 fully saturated rings. The predicted molar refractivity (Wildman–Crippen MR) is 70.4 cm³/mol. The Labute approximate surface area is 106 Å². The zero-order valence-electron chi connectivity index (χ0n) is 11.2. The average molecular weight is 233 g/mol. The van der Waals surface area contributed by atoms with E-state index in [1.807, 2.05) is 0 Å². The molecule has 1 nitrogen and oxygen atoms in total. The highest BCUT2D eigenvalue weighted by Gasteiger charge is 2.58. The topological polar surface area (TPSA) is 26.0 Å². The van der Waals surface area contributed by atoms with Crippen LogP contribution in [0.15, 0.2) is 0 Å². The Bertz CT molecular complexity index is 287. The minimum absolute atomic E-state index is 0.585. The Morgan fingerprint density at radius 3 is 1.88 bits per heavy atom. The standard InChI is InChI=1S/C16H27N/c1-10-7-16(8-10,9-17)15-13-3-11-2-12(5-13)6-14(15)4-11/h10-15H,2-9,17H2,1H3. The number of rotatable bonds is 2. The van der Waals surface area contributed by atoms with Crippen molar-refractivity contribution >= 4 is 0 Å². The van der Waals surface area contributed by atoms with E-state index >= 15 is 0 Å². The SMILES string of the molecule is CC1CC(CN)(C2C3CC4CC(C3)CC2C4)C1. The molecular weight excluding hydrogens is 206 g/mol. The third-order valence-electron chi connectivity index (χ3n) is 6.85. The van der Waals surface area contributed by atoms with Gasteiger partial charge in [-0.05, 0) is 92.4 Å². The molecule has 17 heavy (non-hydrogen) atoms. The molecule has 5 aliphatic carbocycles. The van der Waals surface area contributed by atoms with E-state index in [1.54, 1.807) is 32.1 Å². The fraction of sp³-hybridized carbons (Fsp3) is 1.00. The number of nitrogens with two attached hydrogens (primary N) is 1. The molecule has 0 aromatic rings.